The maximum atomic E-state index is 12.2. The van der Waals surface area contributed by atoms with Gasteiger partial charge < -0.3 is 9.84 Å². The number of rotatable bonds is 6. The van der Waals surface area contributed by atoms with Crippen molar-refractivity contribution in [3.05, 3.63) is 28.8 Å². The molecule has 0 aromatic heterocycles. The molecular weight excluding hydrogens is 302 g/mol. The monoisotopic (exact) mass is 319 g/mol. The van der Waals surface area contributed by atoms with Crippen molar-refractivity contribution in [3.8, 4) is 0 Å². The van der Waals surface area contributed by atoms with Gasteiger partial charge in [0.15, 0.2) is 0 Å². The minimum Gasteiger partial charge on any atom is -0.392 e. The SMILES string of the molecule is O=S(=O)(NCCC1CCOC1)c1cc(CO)ccc1Cl. The van der Waals surface area contributed by atoms with E-state index in [-0.39, 0.29) is 16.5 Å². The molecule has 1 aliphatic rings. The van der Waals surface area contributed by atoms with E-state index in [2.05, 4.69) is 4.72 Å². The molecule has 0 aliphatic carbocycles. The molecule has 112 valence electrons. The Balaban J connectivity index is 2.01. The van der Waals surface area contributed by atoms with Gasteiger partial charge in [0.25, 0.3) is 0 Å². The molecule has 0 radical (unpaired) electrons. The molecule has 2 rings (SSSR count). The fourth-order valence-corrected chi connectivity index (χ4v) is 3.73. The molecule has 2 N–H and O–H groups in total. The maximum Gasteiger partial charge on any atom is 0.242 e. The minimum absolute atomic E-state index is 0.00777. The van der Waals surface area contributed by atoms with Gasteiger partial charge in [-0.3, -0.25) is 0 Å². The van der Waals surface area contributed by atoms with Gasteiger partial charge in [-0.15, -0.1) is 0 Å². The van der Waals surface area contributed by atoms with Gasteiger partial charge in [-0.25, -0.2) is 13.1 Å². The third-order valence-corrected chi connectivity index (χ3v) is 5.28. The molecular formula is C13H18ClNO4S. The molecule has 0 bridgehead atoms. The first kappa shape index (κ1) is 15.7. The van der Waals surface area contributed by atoms with Gasteiger partial charge in [-0.05, 0) is 36.5 Å². The predicted octanol–water partition coefficient (Wildman–Crippen LogP) is 1.54. The van der Waals surface area contributed by atoms with Crippen LogP contribution in [0.1, 0.15) is 18.4 Å². The highest BCUT2D eigenvalue weighted by Crippen LogP contribution is 2.23. The molecule has 1 heterocycles. The van der Waals surface area contributed by atoms with Crippen LogP contribution in [-0.4, -0.2) is 33.3 Å². The lowest BCUT2D eigenvalue weighted by Gasteiger charge is -2.11. The average Bonchev–Trinajstić information content (AvgIpc) is 2.92. The number of hydrogen-bond acceptors (Lipinski definition) is 4. The van der Waals surface area contributed by atoms with Gasteiger partial charge in [-0.1, -0.05) is 17.7 Å². The van der Waals surface area contributed by atoms with Gasteiger partial charge in [0.1, 0.15) is 4.90 Å². The number of benzene rings is 1. The molecule has 1 fully saturated rings. The molecule has 1 aromatic rings. The normalized spacial score (nSPS) is 19.4. The average molecular weight is 320 g/mol. The highest BCUT2D eigenvalue weighted by atomic mass is 35.5. The molecule has 0 spiro atoms. The molecule has 1 aromatic carbocycles. The predicted molar refractivity (Wildman–Crippen MR) is 76.1 cm³/mol. The van der Waals surface area contributed by atoms with Crippen LogP contribution in [0, 0.1) is 5.92 Å². The van der Waals surface area contributed by atoms with E-state index in [0.717, 1.165) is 19.4 Å². The fourth-order valence-electron chi connectivity index (χ4n) is 2.14. The van der Waals surface area contributed by atoms with E-state index in [1.54, 1.807) is 6.07 Å². The Kier molecular flexibility index (Phi) is 5.40. The Labute approximate surface area is 124 Å². The number of sulfonamides is 1. The largest absolute Gasteiger partial charge is 0.392 e. The third-order valence-electron chi connectivity index (χ3n) is 3.34. The van der Waals surface area contributed by atoms with E-state index >= 15 is 0 Å². The van der Waals surface area contributed by atoms with Crippen LogP contribution in [0.3, 0.4) is 0 Å². The number of aliphatic hydroxyl groups is 1. The zero-order chi connectivity index (χ0) is 14.6. The number of halogens is 1. The number of nitrogens with one attached hydrogen (secondary N) is 1. The summed E-state index contributed by atoms with van der Waals surface area (Å²) in [5.41, 5.74) is 0.513. The minimum atomic E-state index is -3.65. The first-order chi connectivity index (χ1) is 9.53. The molecule has 1 aliphatic heterocycles. The van der Waals surface area contributed by atoms with Gasteiger partial charge in [-0.2, -0.15) is 0 Å². The van der Waals surface area contributed by atoms with Crippen LogP contribution in [0.2, 0.25) is 5.02 Å². The Hall–Kier alpha value is -0.660. The van der Waals surface area contributed by atoms with Crippen molar-refractivity contribution in [2.75, 3.05) is 19.8 Å². The zero-order valence-electron chi connectivity index (χ0n) is 11.0. The van der Waals surface area contributed by atoms with E-state index in [1.807, 2.05) is 0 Å². The molecule has 0 amide bonds. The summed E-state index contributed by atoms with van der Waals surface area (Å²) in [7, 11) is -3.65. The Morgan fingerprint density at radius 3 is 2.90 bits per heavy atom. The molecule has 7 heteroatoms. The molecule has 1 saturated heterocycles. The molecule has 0 saturated carbocycles. The van der Waals surface area contributed by atoms with Crippen LogP contribution < -0.4 is 4.72 Å². The van der Waals surface area contributed by atoms with Crippen LogP contribution in [0.15, 0.2) is 23.1 Å². The van der Waals surface area contributed by atoms with Gasteiger partial charge in [0, 0.05) is 19.8 Å². The summed E-state index contributed by atoms with van der Waals surface area (Å²) < 4.78 is 32.2. The molecule has 20 heavy (non-hydrogen) atoms. The number of aliphatic hydroxyl groups excluding tert-OH is 1. The highest BCUT2D eigenvalue weighted by Gasteiger charge is 2.20. The van der Waals surface area contributed by atoms with Crippen molar-refractivity contribution in [3.63, 3.8) is 0 Å². The maximum absolute atomic E-state index is 12.2. The van der Waals surface area contributed by atoms with Crippen molar-refractivity contribution in [2.24, 2.45) is 5.92 Å². The first-order valence-electron chi connectivity index (χ1n) is 6.49. The van der Waals surface area contributed by atoms with Crippen LogP contribution in [0.25, 0.3) is 0 Å². The summed E-state index contributed by atoms with van der Waals surface area (Å²) in [4.78, 5) is 0.00777. The van der Waals surface area contributed by atoms with E-state index in [4.69, 9.17) is 21.4 Å². The van der Waals surface area contributed by atoms with Gasteiger partial charge >= 0.3 is 0 Å². The van der Waals surface area contributed by atoms with E-state index in [9.17, 15) is 8.42 Å². The summed E-state index contributed by atoms with van der Waals surface area (Å²) in [6.07, 6.45) is 1.72. The lowest BCUT2D eigenvalue weighted by atomic mass is 10.1. The highest BCUT2D eigenvalue weighted by molar-refractivity contribution is 7.89. The second-order valence-electron chi connectivity index (χ2n) is 4.84. The first-order valence-corrected chi connectivity index (χ1v) is 8.36. The lowest BCUT2D eigenvalue weighted by molar-refractivity contribution is 0.184. The summed E-state index contributed by atoms with van der Waals surface area (Å²) in [5.74, 6) is 0.414. The van der Waals surface area contributed by atoms with Gasteiger partial charge in [0.2, 0.25) is 10.0 Å². The van der Waals surface area contributed by atoms with Crippen LogP contribution in [-0.2, 0) is 21.4 Å². The van der Waals surface area contributed by atoms with Crippen LogP contribution in [0.5, 0.6) is 0 Å². The fraction of sp³-hybridized carbons (Fsp3) is 0.538. The van der Waals surface area contributed by atoms with Gasteiger partial charge in [0.05, 0.1) is 11.6 Å². The van der Waals surface area contributed by atoms with Crippen LogP contribution >= 0.6 is 11.6 Å². The molecule has 5 nitrogen and oxygen atoms in total. The number of ether oxygens (including phenoxy) is 1. The number of hydrogen-bond donors (Lipinski definition) is 2. The van der Waals surface area contributed by atoms with Crippen LogP contribution in [0.4, 0.5) is 0 Å². The summed E-state index contributed by atoms with van der Waals surface area (Å²) in [6, 6.07) is 4.47. The Morgan fingerprint density at radius 2 is 2.25 bits per heavy atom. The van der Waals surface area contributed by atoms with Crippen molar-refractivity contribution in [1.82, 2.24) is 4.72 Å². The summed E-state index contributed by atoms with van der Waals surface area (Å²) in [6.45, 7) is 1.58. The smallest absolute Gasteiger partial charge is 0.242 e. The summed E-state index contributed by atoms with van der Waals surface area (Å²) in [5, 5.41) is 9.22. The summed E-state index contributed by atoms with van der Waals surface area (Å²) >= 11 is 5.92. The van der Waals surface area contributed by atoms with E-state index < -0.39 is 10.0 Å². The second-order valence-corrected chi connectivity index (χ2v) is 6.98. The van der Waals surface area contributed by atoms with E-state index in [0.29, 0.717) is 24.6 Å². The standard InChI is InChI=1S/C13H18ClNO4S/c14-12-2-1-11(8-16)7-13(12)20(17,18)15-5-3-10-4-6-19-9-10/h1-2,7,10,15-16H,3-6,8-9H2. The van der Waals surface area contributed by atoms with Crippen molar-refractivity contribution < 1.29 is 18.3 Å². The van der Waals surface area contributed by atoms with E-state index in [1.165, 1.54) is 12.1 Å². The van der Waals surface area contributed by atoms with Crippen molar-refractivity contribution in [2.45, 2.75) is 24.3 Å². The Bertz CT molecular complexity index is 555. The quantitative estimate of drug-likeness (QED) is 0.834. The topological polar surface area (TPSA) is 75.6 Å². The zero-order valence-corrected chi connectivity index (χ0v) is 12.6. The third kappa shape index (κ3) is 3.93. The molecule has 1 atom stereocenters. The molecule has 1 unspecified atom stereocenters. The Morgan fingerprint density at radius 1 is 1.45 bits per heavy atom. The lowest BCUT2D eigenvalue weighted by Crippen LogP contribution is -2.26. The second kappa shape index (κ2) is 6.87. The van der Waals surface area contributed by atoms with Crippen molar-refractivity contribution in [1.29, 1.82) is 0 Å². The van der Waals surface area contributed by atoms with Crippen molar-refractivity contribution >= 4 is 21.6 Å².